The van der Waals surface area contributed by atoms with Gasteiger partial charge in [0.1, 0.15) is 9.75 Å². The molecular weight excluding hydrogens is 446 g/mol. The lowest BCUT2D eigenvalue weighted by molar-refractivity contribution is -0.140. The van der Waals surface area contributed by atoms with E-state index in [0.717, 1.165) is 16.9 Å². The number of aliphatic carboxylic acids is 1. The Morgan fingerprint density at radius 3 is 2.33 bits per heavy atom. The number of sulfonamides is 1. The van der Waals surface area contributed by atoms with E-state index >= 15 is 0 Å². The summed E-state index contributed by atoms with van der Waals surface area (Å²) in [6.07, 6.45) is 0.160. The minimum atomic E-state index is -4.13. The second-order valence-corrected chi connectivity index (χ2v) is 10.4. The molecule has 9 heteroatoms. The van der Waals surface area contributed by atoms with Gasteiger partial charge in [0.2, 0.25) is 5.78 Å². The second kappa shape index (κ2) is 7.63. The van der Waals surface area contributed by atoms with E-state index in [1.54, 1.807) is 48.5 Å². The number of hydrogen-bond donors (Lipinski definition) is 2. The number of hydrogen-bond acceptors (Lipinski definition) is 5. The standard InChI is InChI=1S/C21H16ClNO5S2/c22-15-8-6-14(7-9-15)19(24)17-10-11-18(29-17)30(27,28)23-21(20(25)26)12-16(21)13-4-2-1-3-5-13/h1-11,16,23H,12H2,(H,25,26)/t16-,21-/m0/s1. The highest BCUT2D eigenvalue weighted by Crippen LogP contribution is 2.52. The number of thiophene rings is 1. The highest BCUT2D eigenvalue weighted by atomic mass is 35.5. The maximum absolute atomic E-state index is 12.9. The molecule has 1 aromatic heterocycles. The van der Waals surface area contributed by atoms with Crippen molar-refractivity contribution in [2.24, 2.45) is 0 Å². The highest BCUT2D eigenvalue weighted by molar-refractivity contribution is 7.91. The first-order valence-corrected chi connectivity index (χ1v) is 11.6. The van der Waals surface area contributed by atoms with Gasteiger partial charge < -0.3 is 5.11 Å². The highest BCUT2D eigenvalue weighted by Gasteiger charge is 2.63. The number of ketones is 1. The fourth-order valence-electron chi connectivity index (χ4n) is 3.36. The van der Waals surface area contributed by atoms with Gasteiger partial charge in [-0.15, -0.1) is 11.3 Å². The van der Waals surface area contributed by atoms with Crippen LogP contribution in [-0.2, 0) is 14.8 Å². The number of rotatable bonds is 7. The van der Waals surface area contributed by atoms with Crippen LogP contribution in [0.2, 0.25) is 5.02 Å². The third-order valence-corrected chi connectivity index (χ3v) is 8.37. The van der Waals surface area contributed by atoms with Gasteiger partial charge in [-0.1, -0.05) is 41.9 Å². The topological polar surface area (TPSA) is 101 Å². The molecule has 0 aliphatic heterocycles. The molecule has 0 amide bonds. The maximum Gasteiger partial charge on any atom is 0.325 e. The lowest BCUT2D eigenvalue weighted by Crippen LogP contribution is -2.44. The summed E-state index contributed by atoms with van der Waals surface area (Å²) in [6.45, 7) is 0. The summed E-state index contributed by atoms with van der Waals surface area (Å²) < 4.78 is 28.0. The summed E-state index contributed by atoms with van der Waals surface area (Å²) in [5.74, 6) is -2.02. The van der Waals surface area contributed by atoms with Gasteiger partial charge in [-0.25, -0.2) is 8.42 Å². The van der Waals surface area contributed by atoms with Crippen LogP contribution < -0.4 is 4.72 Å². The number of carbonyl (C=O) groups excluding carboxylic acids is 1. The van der Waals surface area contributed by atoms with Crippen molar-refractivity contribution in [2.45, 2.75) is 22.1 Å². The molecule has 2 N–H and O–H groups in total. The molecule has 1 fully saturated rings. The maximum atomic E-state index is 12.9. The third-order valence-electron chi connectivity index (χ3n) is 5.04. The molecular formula is C21H16ClNO5S2. The van der Waals surface area contributed by atoms with Crippen molar-refractivity contribution in [3.63, 3.8) is 0 Å². The Morgan fingerprint density at radius 1 is 1.03 bits per heavy atom. The first-order chi connectivity index (χ1) is 14.2. The summed E-state index contributed by atoms with van der Waals surface area (Å²) in [5, 5.41) is 10.2. The molecule has 4 rings (SSSR count). The van der Waals surface area contributed by atoms with E-state index < -0.39 is 27.4 Å². The molecule has 30 heavy (non-hydrogen) atoms. The number of nitrogens with one attached hydrogen (secondary N) is 1. The molecule has 0 saturated heterocycles. The average molecular weight is 462 g/mol. The fourth-order valence-corrected chi connectivity index (χ4v) is 6.16. The number of halogens is 1. The molecule has 2 aromatic carbocycles. The van der Waals surface area contributed by atoms with Gasteiger partial charge in [0, 0.05) is 16.5 Å². The van der Waals surface area contributed by atoms with E-state index in [2.05, 4.69) is 4.72 Å². The molecule has 0 spiro atoms. The molecule has 2 atom stereocenters. The van der Waals surface area contributed by atoms with Crippen LogP contribution in [0.3, 0.4) is 0 Å². The van der Waals surface area contributed by atoms with Crippen LogP contribution >= 0.6 is 22.9 Å². The van der Waals surface area contributed by atoms with Crippen molar-refractivity contribution in [2.75, 3.05) is 0 Å². The summed E-state index contributed by atoms with van der Waals surface area (Å²) in [4.78, 5) is 24.7. The van der Waals surface area contributed by atoms with Crippen molar-refractivity contribution in [1.82, 2.24) is 4.72 Å². The molecule has 0 radical (unpaired) electrons. The molecule has 3 aromatic rings. The molecule has 154 valence electrons. The van der Waals surface area contributed by atoms with E-state index in [-0.39, 0.29) is 21.3 Å². The lowest BCUT2D eigenvalue weighted by atomic mass is 10.1. The van der Waals surface area contributed by atoms with Crippen molar-refractivity contribution in [1.29, 1.82) is 0 Å². The Bertz CT molecular complexity index is 1220. The molecule has 1 aliphatic rings. The molecule has 6 nitrogen and oxygen atoms in total. The zero-order chi connectivity index (χ0) is 21.5. The fraction of sp³-hybridized carbons (Fsp3) is 0.143. The van der Waals surface area contributed by atoms with E-state index in [4.69, 9.17) is 11.6 Å². The van der Waals surface area contributed by atoms with Crippen LogP contribution in [-0.4, -0.2) is 30.8 Å². The SMILES string of the molecule is O=C(c1ccc(Cl)cc1)c1ccc(S(=O)(=O)N[C@@]2(C(=O)O)C[C@H]2c2ccccc2)s1. The molecule has 1 heterocycles. The monoisotopic (exact) mass is 461 g/mol. The van der Waals surface area contributed by atoms with Gasteiger partial charge in [0.25, 0.3) is 10.0 Å². The average Bonchev–Trinajstić information content (AvgIpc) is 3.21. The Morgan fingerprint density at radius 2 is 1.70 bits per heavy atom. The van der Waals surface area contributed by atoms with Crippen LogP contribution in [0.15, 0.2) is 70.9 Å². The Labute approximate surface area is 182 Å². The van der Waals surface area contributed by atoms with Gasteiger partial charge in [0.05, 0.1) is 4.88 Å². The minimum Gasteiger partial charge on any atom is -0.480 e. The van der Waals surface area contributed by atoms with Crippen molar-refractivity contribution < 1.29 is 23.1 Å². The van der Waals surface area contributed by atoms with Crippen LogP contribution in [0.25, 0.3) is 0 Å². The summed E-state index contributed by atoms with van der Waals surface area (Å²) >= 11 is 6.63. The Hall–Kier alpha value is -2.52. The zero-order valence-electron chi connectivity index (χ0n) is 15.4. The van der Waals surface area contributed by atoms with E-state index in [1.807, 2.05) is 6.07 Å². The second-order valence-electron chi connectivity index (χ2n) is 7.00. The predicted molar refractivity (Wildman–Crippen MR) is 114 cm³/mol. The Kier molecular flexibility index (Phi) is 5.27. The largest absolute Gasteiger partial charge is 0.480 e. The van der Waals surface area contributed by atoms with Crippen LogP contribution in [0, 0.1) is 0 Å². The van der Waals surface area contributed by atoms with Crippen molar-refractivity contribution >= 4 is 44.7 Å². The van der Waals surface area contributed by atoms with Gasteiger partial charge in [-0.05, 0) is 48.4 Å². The normalized spacial score (nSPS) is 20.6. The summed E-state index contributed by atoms with van der Waals surface area (Å²) in [7, 11) is -4.13. The van der Waals surface area contributed by atoms with Crippen LogP contribution in [0.5, 0.6) is 0 Å². The van der Waals surface area contributed by atoms with Crippen LogP contribution in [0.1, 0.15) is 33.1 Å². The van der Waals surface area contributed by atoms with Gasteiger partial charge in [0.15, 0.2) is 0 Å². The number of carbonyl (C=O) groups is 2. The lowest BCUT2D eigenvalue weighted by Gasteiger charge is -2.14. The zero-order valence-corrected chi connectivity index (χ0v) is 17.8. The molecule has 1 aliphatic carbocycles. The number of carboxylic acid groups (broad SMARTS) is 1. The van der Waals surface area contributed by atoms with Crippen molar-refractivity contribution in [3.05, 3.63) is 87.8 Å². The van der Waals surface area contributed by atoms with Gasteiger partial charge >= 0.3 is 5.97 Å². The summed E-state index contributed by atoms with van der Waals surface area (Å²) in [6, 6.07) is 17.9. The predicted octanol–water partition coefficient (Wildman–Crippen LogP) is 3.92. The smallest absolute Gasteiger partial charge is 0.325 e. The van der Waals surface area contributed by atoms with E-state index in [9.17, 15) is 23.1 Å². The van der Waals surface area contributed by atoms with E-state index in [1.165, 1.54) is 12.1 Å². The minimum absolute atomic E-state index is 0.112. The molecule has 1 saturated carbocycles. The van der Waals surface area contributed by atoms with Gasteiger partial charge in [-0.2, -0.15) is 4.72 Å². The van der Waals surface area contributed by atoms with Gasteiger partial charge in [-0.3, -0.25) is 9.59 Å². The quantitative estimate of drug-likeness (QED) is 0.519. The van der Waals surface area contributed by atoms with E-state index in [0.29, 0.717) is 10.6 Å². The molecule has 0 bridgehead atoms. The first-order valence-electron chi connectivity index (χ1n) is 8.95. The van der Waals surface area contributed by atoms with Crippen molar-refractivity contribution in [3.8, 4) is 0 Å². The third kappa shape index (κ3) is 3.79. The first kappa shape index (κ1) is 20.7. The van der Waals surface area contributed by atoms with Crippen LogP contribution in [0.4, 0.5) is 0 Å². The number of benzene rings is 2. The molecule has 0 unspecified atom stereocenters. The number of carboxylic acids is 1. The Balaban J connectivity index is 1.58. The summed E-state index contributed by atoms with van der Waals surface area (Å²) in [5.41, 5.74) is -0.455.